The molecule has 154 valence electrons. The molecule has 2 aliphatic heterocycles. The maximum absolute atomic E-state index is 13.3. The van der Waals surface area contributed by atoms with E-state index in [1.807, 2.05) is 29.2 Å². The van der Waals surface area contributed by atoms with Crippen molar-refractivity contribution in [2.24, 2.45) is 0 Å². The second-order valence-electron chi connectivity index (χ2n) is 7.84. The molecule has 0 unspecified atom stereocenters. The number of nitrogens with zero attached hydrogens (tertiary/aromatic N) is 4. The van der Waals surface area contributed by atoms with Crippen LogP contribution in [-0.4, -0.2) is 67.1 Å². The number of carbonyl (C=O) groups is 1. The molecule has 3 heterocycles. The highest BCUT2D eigenvalue weighted by Gasteiger charge is 2.25. The summed E-state index contributed by atoms with van der Waals surface area (Å²) in [5, 5.41) is 0. The van der Waals surface area contributed by atoms with Crippen LogP contribution in [-0.2, 0) is 6.54 Å². The Morgan fingerprint density at radius 1 is 0.966 bits per heavy atom. The molecule has 1 aromatic carbocycles. The summed E-state index contributed by atoms with van der Waals surface area (Å²) in [6.45, 7) is 6.33. The van der Waals surface area contributed by atoms with Gasteiger partial charge in [0.25, 0.3) is 5.91 Å². The van der Waals surface area contributed by atoms with Crippen molar-refractivity contribution in [2.75, 3.05) is 51.3 Å². The van der Waals surface area contributed by atoms with E-state index in [1.54, 1.807) is 13.3 Å². The average Bonchev–Trinajstić information content (AvgIpc) is 3.21. The van der Waals surface area contributed by atoms with Crippen molar-refractivity contribution in [1.29, 1.82) is 0 Å². The first kappa shape index (κ1) is 19.7. The number of hydrogen-bond donors (Lipinski definition) is 0. The van der Waals surface area contributed by atoms with Gasteiger partial charge in [0.1, 0.15) is 11.6 Å². The lowest BCUT2D eigenvalue weighted by Gasteiger charge is -2.25. The van der Waals surface area contributed by atoms with E-state index < -0.39 is 0 Å². The van der Waals surface area contributed by atoms with Crippen LogP contribution in [0.4, 0.5) is 5.82 Å². The number of hydrogen-bond acceptors (Lipinski definition) is 5. The number of aromatic nitrogens is 1. The molecule has 29 heavy (non-hydrogen) atoms. The number of anilines is 1. The minimum absolute atomic E-state index is 0.117. The number of carbonyl (C=O) groups excluding carboxylic acids is 1. The van der Waals surface area contributed by atoms with Crippen LogP contribution in [0.5, 0.6) is 5.75 Å². The summed E-state index contributed by atoms with van der Waals surface area (Å²) in [5.74, 6) is 1.85. The van der Waals surface area contributed by atoms with Gasteiger partial charge in [-0.3, -0.25) is 9.69 Å². The Bertz CT molecular complexity index is 818. The van der Waals surface area contributed by atoms with E-state index in [2.05, 4.69) is 26.9 Å². The van der Waals surface area contributed by atoms with Gasteiger partial charge in [0.05, 0.1) is 12.7 Å². The fourth-order valence-electron chi connectivity index (χ4n) is 4.24. The summed E-state index contributed by atoms with van der Waals surface area (Å²) < 4.78 is 5.24. The first-order valence-corrected chi connectivity index (χ1v) is 10.6. The molecule has 1 aromatic heterocycles. The standard InChI is InChI=1S/C23H30N4O2/c1-29-20-9-7-19(8-10-20)18-25-12-5-15-27(17-16-25)23(28)21-6-4-11-24-22(21)26-13-2-3-14-26/h4,6-11H,2-3,5,12-18H2,1H3. The van der Waals surface area contributed by atoms with E-state index in [4.69, 9.17) is 4.74 Å². The molecule has 0 saturated carbocycles. The van der Waals surface area contributed by atoms with Gasteiger partial charge in [0, 0.05) is 52.0 Å². The van der Waals surface area contributed by atoms with Crippen molar-refractivity contribution in [3.8, 4) is 5.75 Å². The molecular weight excluding hydrogens is 364 g/mol. The zero-order chi connectivity index (χ0) is 20.1. The number of amides is 1. The van der Waals surface area contributed by atoms with Crippen molar-refractivity contribution in [2.45, 2.75) is 25.8 Å². The highest BCUT2D eigenvalue weighted by Crippen LogP contribution is 2.24. The molecule has 0 aliphatic carbocycles. The number of rotatable bonds is 5. The van der Waals surface area contributed by atoms with Gasteiger partial charge in [-0.15, -0.1) is 0 Å². The van der Waals surface area contributed by atoms with E-state index in [0.717, 1.165) is 69.4 Å². The maximum Gasteiger partial charge on any atom is 0.257 e. The van der Waals surface area contributed by atoms with Crippen LogP contribution in [0.25, 0.3) is 0 Å². The van der Waals surface area contributed by atoms with E-state index in [-0.39, 0.29) is 5.91 Å². The maximum atomic E-state index is 13.3. The molecule has 6 nitrogen and oxygen atoms in total. The highest BCUT2D eigenvalue weighted by atomic mass is 16.5. The minimum atomic E-state index is 0.117. The first-order chi connectivity index (χ1) is 14.2. The zero-order valence-electron chi connectivity index (χ0n) is 17.2. The van der Waals surface area contributed by atoms with Gasteiger partial charge in [-0.2, -0.15) is 0 Å². The van der Waals surface area contributed by atoms with Gasteiger partial charge in [-0.05, 0) is 49.1 Å². The van der Waals surface area contributed by atoms with Crippen LogP contribution in [0.1, 0.15) is 35.2 Å². The second kappa shape index (κ2) is 9.27. The molecule has 2 saturated heterocycles. The summed E-state index contributed by atoms with van der Waals surface area (Å²) in [5.41, 5.74) is 2.02. The van der Waals surface area contributed by atoms with Gasteiger partial charge in [-0.1, -0.05) is 12.1 Å². The van der Waals surface area contributed by atoms with Crippen LogP contribution in [0, 0.1) is 0 Å². The molecule has 2 aliphatic rings. The minimum Gasteiger partial charge on any atom is -0.497 e. The molecule has 4 rings (SSSR count). The molecule has 0 bridgehead atoms. The predicted octanol–water partition coefficient (Wildman–Crippen LogP) is 3.04. The van der Waals surface area contributed by atoms with Crippen LogP contribution in [0.15, 0.2) is 42.6 Å². The molecule has 2 fully saturated rings. The molecule has 6 heteroatoms. The van der Waals surface area contributed by atoms with Crippen LogP contribution in [0.2, 0.25) is 0 Å². The lowest BCUT2D eigenvalue weighted by Crippen LogP contribution is -2.36. The third kappa shape index (κ3) is 4.70. The van der Waals surface area contributed by atoms with Crippen molar-refractivity contribution in [3.05, 3.63) is 53.7 Å². The molecule has 0 atom stereocenters. The zero-order valence-corrected chi connectivity index (χ0v) is 17.2. The Balaban J connectivity index is 1.40. The summed E-state index contributed by atoms with van der Waals surface area (Å²) >= 11 is 0. The molecule has 0 spiro atoms. The van der Waals surface area contributed by atoms with Gasteiger partial charge >= 0.3 is 0 Å². The summed E-state index contributed by atoms with van der Waals surface area (Å²) in [6, 6.07) is 12.1. The van der Waals surface area contributed by atoms with Gasteiger partial charge in [0.2, 0.25) is 0 Å². The number of pyridine rings is 1. The molecular formula is C23H30N4O2. The van der Waals surface area contributed by atoms with Gasteiger partial charge < -0.3 is 14.5 Å². The highest BCUT2D eigenvalue weighted by molar-refractivity contribution is 5.99. The fraction of sp³-hybridized carbons (Fsp3) is 0.478. The Morgan fingerprint density at radius 3 is 2.52 bits per heavy atom. The third-order valence-electron chi connectivity index (χ3n) is 5.86. The smallest absolute Gasteiger partial charge is 0.257 e. The Morgan fingerprint density at radius 2 is 1.76 bits per heavy atom. The van der Waals surface area contributed by atoms with Crippen LogP contribution >= 0.6 is 0 Å². The molecule has 1 amide bonds. The van der Waals surface area contributed by atoms with Gasteiger partial charge in [0.15, 0.2) is 0 Å². The van der Waals surface area contributed by atoms with E-state index in [1.165, 1.54) is 18.4 Å². The Hall–Kier alpha value is -2.60. The van der Waals surface area contributed by atoms with Crippen molar-refractivity contribution < 1.29 is 9.53 Å². The summed E-state index contributed by atoms with van der Waals surface area (Å²) in [4.78, 5) is 24.5. The van der Waals surface area contributed by atoms with Crippen LogP contribution in [0.3, 0.4) is 0 Å². The number of methoxy groups -OCH3 is 1. The number of ether oxygens (including phenoxy) is 1. The van der Waals surface area contributed by atoms with Crippen molar-refractivity contribution in [3.63, 3.8) is 0 Å². The second-order valence-corrected chi connectivity index (χ2v) is 7.84. The SMILES string of the molecule is COc1ccc(CN2CCCN(C(=O)c3cccnc3N3CCCC3)CC2)cc1. The first-order valence-electron chi connectivity index (χ1n) is 10.6. The van der Waals surface area contributed by atoms with Crippen molar-refractivity contribution in [1.82, 2.24) is 14.8 Å². The Kier molecular flexibility index (Phi) is 6.30. The predicted molar refractivity (Wildman–Crippen MR) is 114 cm³/mol. The molecule has 0 N–H and O–H groups in total. The third-order valence-corrected chi connectivity index (χ3v) is 5.86. The summed E-state index contributed by atoms with van der Waals surface area (Å²) in [7, 11) is 1.69. The fourth-order valence-corrected chi connectivity index (χ4v) is 4.24. The lowest BCUT2D eigenvalue weighted by molar-refractivity contribution is 0.0761. The van der Waals surface area contributed by atoms with E-state index >= 15 is 0 Å². The van der Waals surface area contributed by atoms with E-state index in [0.29, 0.717) is 0 Å². The quantitative estimate of drug-likeness (QED) is 0.780. The summed E-state index contributed by atoms with van der Waals surface area (Å²) in [6.07, 6.45) is 5.13. The lowest BCUT2D eigenvalue weighted by atomic mass is 10.2. The average molecular weight is 395 g/mol. The Labute approximate surface area is 173 Å². The normalized spacial score (nSPS) is 18.0. The number of benzene rings is 1. The molecule has 0 radical (unpaired) electrons. The molecule has 2 aromatic rings. The van der Waals surface area contributed by atoms with E-state index in [9.17, 15) is 4.79 Å². The topological polar surface area (TPSA) is 48.9 Å². The van der Waals surface area contributed by atoms with Crippen molar-refractivity contribution >= 4 is 11.7 Å². The van der Waals surface area contributed by atoms with Crippen LogP contribution < -0.4 is 9.64 Å². The largest absolute Gasteiger partial charge is 0.497 e. The van der Waals surface area contributed by atoms with Gasteiger partial charge in [-0.25, -0.2) is 4.98 Å². The monoisotopic (exact) mass is 394 g/mol.